The maximum Gasteiger partial charge on any atom is 0.240 e. The third kappa shape index (κ3) is 4.53. The second-order valence-corrected chi connectivity index (χ2v) is 5.94. The Morgan fingerprint density at radius 3 is 2.33 bits per heavy atom. The minimum absolute atomic E-state index is 0.295. The molecule has 130 valence electrons. The van der Waals surface area contributed by atoms with E-state index in [-0.39, 0.29) is 0 Å². The van der Waals surface area contributed by atoms with Crippen molar-refractivity contribution >= 4 is 0 Å². The maximum atomic E-state index is 5.49. The van der Waals surface area contributed by atoms with Gasteiger partial charge in [-0.3, -0.25) is 9.80 Å². The molecule has 7 heteroatoms. The Morgan fingerprint density at radius 1 is 1.08 bits per heavy atom. The number of ether oxygens (including phenoxy) is 1. The summed E-state index contributed by atoms with van der Waals surface area (Å²) in [6, 6.07) is 8.37. The summed E-state index contributed by atoms with van der Waals surface area (Å²) in [4.78, 5) is 9.08. The van der Waals surface area contributed by atoms with E-state index in [4.69, 9.17) is 15.0 Å². The van der Waals surface area contributed by atoms with Crippen LogP contribution in [0.3, 0.4) is 0 Å². The van der Waals surface area contributed by atoms with Crippen LogP contribution in [0.1, 0.15) is 24.2 Å². The average molecular weight is 331 g/mol. The molecule has 7 nitrogen and oxygen atoms in total. The summed E-state index contributed by atoms with van der Waals surface area (Å²) >= 11 is 0. The highest BCUT2D eigenvalue weighted by molar-refractivity contribution is 5.27. The third-order valence-corrected chi connectivity index (χ3v) is 4.16. The van der Waals surface area contributed by atoms with Gasteiger partial charge in [-0.15, -0.1) is 0 Å². The van der Waals surface area contributed by atoms with Gasteiger partial charge in [0.15, 0.2) is 5.82 Å². The molecule has 1 saturated heterocycles. The topological polar surface area (TPSA) is 80.7 Å². The van der Waals surface area contributed by atoms with Gasteiger partial charge in [0.1, 0.15) is 5.75 Å². The Balaban J connectivity index is 1.44. The van der Waals surface area contributed by atoms with Crippen molar-refractivity contribution in [2.45, 2.75) is 26.6 Å². The lowest BCUT2D eigenvalue weighted by molar-refractivity contribution is 0.119. The van der Waals surface area contributed by atoms with E-state index < -0.39 is 0 Å². The average Bonchev–Trinajstić information content (AvgIpc) is 3.06. The highest BCUT2D eigenvalue weighted by Gasteiger charge is 2.19. The van der Waals surface area contributed by atoms with Gasteiger partial charge in [0, 0.05) is 32.7 Å². The Labute approximate surface area is 142 Å². The van der Waals surface area contributed by atoms with E-state index in [1.165, 1.54) is 5.56 Å². The maximum absolute atomic E-state index is 5.49. The van der Waals surface area contributed by atoms with E-state index in [1.807, 2.05) is 19.1 Å². The first-order valence-corrected chi connectivity index (χ1v) is 8.45. The van der Waals surface area contributed by atoms with Crippen molar-refractivity contribution in [1.29, 1.82) is 0 Å². The SMILES string of the molecule is CCOc1ccc(CN2CCN(Cc3noc(CN)n3)CC2)cc1. The molecule has 24 heavy (non-hydrogen) atoms. The van der Waals surface area contributed by atoms with Crippen LogP contribution in [0.4, 0.5) is 0 Å². The lowest BCUT2D eigenvalue weighted by Gasteiger charge is -2.34. The van der Waals surface area contributed by atoms with E-state index in [0.29, 0.717) is 19.0 Å². The Morgan fingerprint density at radius 2 is 1.75 bits per heavy atom. The zero-order chi connectivity index (χ0) is 16.8. The first-order chi connectivity index (χ1) is 11.8. The van der Waals surface area contributed by atoms with Gasteiger partial charge < -0.3 is 15.0 Å². The summed E-state index contributed by atoms with van der Waals surface area (Å²) < 4.78 is 10.5. The Kier molecular flexibility index (Phi) is 5.79. The second kappa shape index (κ2) is 8.23. The van der Waals surface area contributed by atoms with Crippen LogP contribution >= 0.6 is 0 Å². The highest BCUT2D eigenvalue weighted by Crippen LogP contribution is 2.15. The summed E-state index contributed by atoms with van der Waals surface area (Å²) in [5.74, 6) is 2.15. The van der Waals surface area contributed by atoms with Crippen LogP contribution in [-0.2, 0) is 19.6 Å². The van der Waals surface area contributed by atoms with Crippen LogP contribution in [0.2, 0.25) is 0 Å². The molecule has 2 aromatic rings. The van der Waals surface area contributed by atoms with E-state index >= 15 is 0 Å². The smallest absolute Gasteiger partial charge is 0.240 e. The zero-order valence-corrected chi connectivity index (χ0v) is 14.1. The van der Waals surface area contributed by atoms with Crippen molar-refractivity contribution in [2.75, 3.05) is 32.8 Å². The second-order valence-electron chi connectivity index (χ2n) is 5.94. The fourth-order valence-electron chi connectivity index (χ4n) is 2.86. The van der Waals surface area contributed by atoms with Crippen molar-refractivity contribution < 1.29 is 9.26 Å². The number of nitrogens with zero attached hydrogens (tertiary/aromatic N) is 4. The minimum Gasteiger partial charge on any atom is -0.494 e. The molecular weight excluding hydrogens is 306 g/mol. The van der Waals surface area contributed by atoms with Crippen molar-refractivity contribution in [3.63, 3.8) is 0 Å². The highest BCUT2D eigenvalue weighted by atomic mass is 16.5. The summed E-state index contributed by atoms with van der Waals surface area (Å²) in [6.07, 6.45) is 0. The van der Waals surface area contributed by atoms with Crippen molar-refractivity contribution in [1.82, 2.24) is 19.9 Å². The molecule has 3 rings (SSSR count). The molecular formula is C17H25N5O2. The van der Waals surface area contributed by atoms with Crippen LogP contribution in [0.15, 0.2) is 28.8 Å². The molecule has 0 bridgehead atoms. The molecule has 1 aromatic heterocycles. The van der Waals surface area contributed by atoms with Crippen LogP contribution < -0.4 is 10.5 Å². The lowest BCUT2D eigenvalue weighted by atomic mass is 10.2. The molecule has 0 amide bonds. The first-order valence-electron chi connectivity index (χ1n) is 8.45. The standard InChI is InChI=1S/C17H25N5O2/c1-2-23-15-5-3-14(4-6-15)12-21-7-9-22(10-8-21)13-16-19-17(11-18)24-20-16/h3-6H,2,7-13,18H2,1H3. The quantitative estimate of drug-likeness (QED) is 0.817. The molecule has 1 aliphatic rings. The van der Waals surface area contributed by atoms with Gasteiger partial charge in [0.2, 0.25) is 5.89 Å². The van der Waals surface area contributed by atoms with Crippen molar-refractivity contribution in [2.24, 2.45) is 5.73 Å². The van der Waals surface area contributed by atoms with E-state index in [9.17, 15) is 0 Å². The summed E-state index contributed by atoms with van der Waals surface area (Å²) in [5, 5.41) is 3.96. The van der Waals surface area contributed by atoms with Gasteiger partial charge in [-0.1, -0.05) is 17.3 Å². The van der Waals surface area contributed by atoms with Gasteiger partial charge in [0.05, 0.1) is 19.7 Å². The van der Waals surface area contributed by atoms with Gasteiger partial charge in [-0.25, -0.2) is 0 Å². The lowest BCUT2D eigenvalue weighted by Crippen LogP contribution is -2.45. The van der Waals surface area contributed by atoms with Crippen molar-refractivity contribution in [3.05, 3.63) is 41.5 Å². The molecule has 0 spiro atoms. The van der Waals surface area contributed by atoms with Crippen LogP contribution in [0.5, 0.6) is 5.75 Å². The monoisotopic (exact) mass is 331 g/mol. The molecule has 1 aromatic carbocycles. The Bertz CT molecular complexity index is 620. The molecule has 2 heterocycles. The van der Waals surface area contributed by atoms with Crippen molar-refractivity contribution in [3.8, 4) is 5.75 Å². The number of nitrogens with two attached hydrogens (primary N) is 1. The normalized spacial score (nSPS) is 16.4. The molecule has 0 aliphatic carbocycles. The molecule has 0 radical (unpaired) electrons. The van der Waals surface area contributed by atoms with Gasteiger partial charge in [0.25, 0.3) is 0 Å². The largest absolute Gasteiger partial charge is 0.494 e. The summed E-state index contributed by atoms with van der Waals surface area (Å²) in [6.45, 7) is 8.77. The van der Waals surface area contributed by atoms with Crippen LogP contribution in [0.25, 0.3) is 0 Å². The Hall–Kier alpha value is -1.96. The fourth-order valence-corrected chi connectivity index (χ4v) is 2.86. The van der Waals surface area contributed by atoms with Gasteiger partial charge >= 0.3 is 0 Å². The van der Waals surface area contributed by atoms with Crippen LogP contribution in [0, 0.1) is 0 Å². The number of benzene rings is 1. The summed E-state index contributed by atoms with van der Waals surface area (Å²) in [7, 11) is 0. The van der Waals surface area contributed by atoms with E-state index in [1.54, 1.807) is 0 Å². The number of piperazine rings is 1. The molecule has 2 N–H and O–H groups in total. The zero-order valence-electron chi connectivity index (χ0n) is 14.1. The number of hydrogen-bond acceptors (Lipinski definition) is 7. The molecule has 1 aliphatic heterocycles. The predicted octanol–water partition coefficient (Wildman–Crippen LogP) is 1.24. The fraction of sp³-hybridized carbons (Fsp3) is 0.529. The first kappa shape index (κ1) is 16.9. The minimum atomic E-state index is 0.295. The molecule has 0 unspecified atom stereocenters. The predicted molar refractivity (Wildman–Crippen MR) is 90.4 cm³/mol. The molecule has 0 saturated carbocycles. The van der Waals surface area contributed by atoms with Gasteiger partial charge in [-0.2, -0.15) is 4.98 Å². The number of rotatable bonds is 7. The van der Waals surface area contributed by atoms with E-state index in [0.717, 1.165) is 50.8 Å². The third-order valence-electron chi connectivity index (χ3n) is 4.16. The number of hydrogen-bond donors (Lipinski definition) is 1. The van der Waals surface area contributed by atoms with Gasteiger partial charge in [-0.05, 0) is 24.6 Å². The summed E-state index contributed by atoms with van der Waals surface area (Å²) in [5.41, 5.74) is 6.81. The number of aromatic nitrogens is 2. The molecule has 1 fully saturated rings. The van der Waals surface area contributed by atoms with Crippen LogP contribution in [-0.4, -0.2) is 52.7 Å². The van der Waals surface area contributed by atoms with E-state index in [2.05, 4.69) is 32.1 Å². The molecule has 0 atom stereocenters.